The molecular weight excluding hydrogens is 277 g/mol. The molecule has 1 aliphatic heterocycles. The fraction of sp³-hybridized carbons (Fsp3) is 0.400. The number of carbonyl (C=O) groups is 3. The molecule has 1 aliphatic rings. The van der Waals surface area contributed by atoms with Gasteiger partial charge in [0.25, 0.3) is 5.91 Å². The number of likely N-dealkylation sites (N-methyl/N-ethyl adjacent to an activating group) is 1. The van der Waals surface area contributed by atoms with Crippen LogP contribution < -0.4 is 0 Å². The number of ether oxygens (including phenoxy) is 1. The monoisotopic (exact) mass is 293 g/mol. The van der Waals surface area contributed by atoms with Crippen molar-refractivity contribution in [2.75, 3.05) is 13.7 Å². The molecule has 1 aromatic rings. The number of piperidine rings is 1. The van der Waals surface area contributed by atoms with Gasteiger partial charge in [0.2, 0.25) is 5.91 Å². The van der Waals surface area contributed by atoms with E-state index in [1.165, 1.54) is 31.3 Å². The van der Waals surface area contributed by atoms with E-state index in [1.54, 1.807) is 6.92 Å². The second-order valence-electron chi connectivity index (χ2n) is 4.89. The van der Waals surface area contributed by atoms with Crippen LogP contribution in [0.2, 0.25) is 0 Å². The van der Waals surface area contributed by atoms with Crippen molar-refractivity contribution >= 4 is 17.8 Å². The molecule has 0 unspecified atom stereocenters. The Kier molecular flexibility index (Phi) is 4.06. The van der Waals surface area contributed by atoms with Crippen LogP contribution >= 0.6 is 0 Å². The number of likely N-dealkylation sites (tertiary alicyclic amines) is 1. The average molecular weight is 293 g/mol. The van der Waals surface area contributed by atoms with Crippen LogP contribution in [0.3, 0.4) is 0 Å². The molecule has 0 aliphatic carbocycles. The van der Waals surface area contributed by atoms with E-state index < -0.39 is 23.1 Å². The van der Waals surface area contributed by atoms with Crippen molar-refractivity contribution in [3.63, 3.8) is 0 Å². The van der Waals surface area contributed by atoms with E-state index in [1.807, 2.05) is 0 Å². The zero-order valence-electron chi connectivity index (χ0n) is 11.9. The highest BCUT2D eigenvalue weighted by molar-refractivity contribution is 6.15. The quantitative estimate of drug-likeness (QED) is 0.480. The van der Waals surface area contributed by atoms with Crippen molar-refractivity contribution < 1.29 is 23.5 Å². The van der Waals surface area contributed by atoms with Crippen LogP contribution in [0.1, 0.15) is 25.3 Å². The Morgan fingerprint density at radius 2 is 1.95 bits per heavy atom. The fourth-order valence-electron chi connectivity index (χ4n) is 2.53. The molecule has 21 heavy (non-hydrogen) atoms. The predicted octanol–water partition coefficient (Wildman–Crippen LogP) is 1.41. The lowest BCUT2D eigenvalue weighted by Gasteiger charge is -2.37. The third-order valence-corrected chi connectivity index (χ3v) is 3.72. The molecule has 1 aromatic carbocycles. The van der Waals surface area contributed by atoms with Gasteiger partial charge in [-0.05, 0) is 31.0 Å². The third kappa shape index (κ3) is 2.41. The molecule has 6 heteroatoms. The topological polar surface area (TPSA) is 63.7 Å². The summed E-state index contributed by atoms with van der Waals surface area (Å²) >= 11 is 0. The van der Waals surface area contributed by atoms with Crippen molar-refractivity contribution in [1.29, 1.82) is 0 Å². The molecule has 5 nitrogen and oxygen atoms in total. The number of hydrogen-bond donors (Lipinski definition) is 0. The number of nitrogens with zero attached hydrogens (tertiary/aromatic N) is 1. The van der Waals surface area contributed by atoms with Crippen LogP contribution in [0.25, 0.3) is 0 Å². The smallest absolute Gasteiger partial charge is 0.326 e. The molecular formula is C15H16FNO4. The summed E-state index contributed by atoms with van der Waals surface area (Å²) in [5, 5.41) is 0. The van der Waals surface area contributed by atoms with Crippen LogP contribution in [0, 0.1) is 5.82 Å². The SMILES string of the molecule is CCOC(=O)[C@]1(c2ccc(F)cc2)CCC(=O)N(C)C1=O. The molecule has 1 saturated heterocycles. The molecule has 2 rings (SSSR count). The first-order chi connectivity index (χ1) is 9.93. The van der Waals surface area contributed by atoms with Gasteiger partial charge in [-0.15, -0.1) is 0 Å². The minimum Gasteiger partial charge on any atom is -0.465 e. The fourth-order valence-corrected chi connectivity index (χ4v) is 2.53. The van der Waals surface area contributed by atoms with Gasteiger partial charge in [-0.1, -0.05) is 12.1 Å². The van der Waals surface area contributed by atoms with Crippen LogP contribution in [0.4, 0.5) is 4.39 Å². The molecule has 1 atom stereocenters. The first kappa shape index (κ1) is 15.2. The van der Waals surface area contributed by atoms with Gasteiger partial charge in [-0.3, -0.25) is 19.3 Å². The Morgan fingerprint density at radius 3 is 2.52 bits per heavy atom. The number of hydrogen-bond acceptors (Lipinski definition) is 4. The van der Waals surface area contributed by atoms with Gasteiger partial charge in [0, 0.05) is 13.5 Å². The summed E-state index contributed by atoms with van der Waals surface area (Å²) in [6.07, 6.45) is 0.0813. The van der Waals surface area contributed by atoms with Crippen molar-refractivity contribution in [3.05, 3.63) is 35.6 Å². The van der Waals surface area contributed by atoms with Crippen LogP contribution in [0.5, 0.6) is 0 Å². The number of carbonyl (C=O) groups excluding carboxylic acids is 3. The van der Waals surface area contributed by atoms with Gasteiger partial charge in [0.05, 0.1) is 6.61 Å². The normalized spacial score (nSPS) is 22.3. The highest BCUT2D eigenvalue weighted by Crippen LogP contribution is 2.36. The van der Waals surface area contributed by atoms with Gasteiger partial charge in [-0.25, -0.2) is 4.39 Å². The van der Waals surface area contributed by atoms with Gasteiger partial charge < -0.3 is 4.74 Å². The molecule has 0 bridgehead atoms. The van der Waals surface area contributed by atoms with E-state index in [0.717, 1.165) is 4.90 Å². The summed E-state index contributed by atoms with van der Waals surface area (Å²) in [6.45, 7) is 1.76. The molecule has 0 saturated carbocycles. The highest BCUT2D eigenvalue weighted by atomic mass is 19.1. The molecule has 1 heterocycles. The molecule has 2 amide bonds. The first-order valence-corrected chi connectivity index (χ1v) is 6.67. The van der Waals surface area contributed by atoms with Gasteiger partial charge >= 0.3 is 5.97 Å². The second kappa shape index (κ2) is 5.63. The lowest BCUT2D eigenvalue weighted by Crippen LogP contribution is -2.56. The third-order valence-electron chi connectivity index (χ3n) is 3.72. The Bertz CT molecular complexity index is 584. The van der Waals surface area contributed by atoms with Crippen LogP contribution in [0.15, 0.2) is 24.3 Å². The summed E-state index contributed by atoms with van der Waals surface area (Å²) in [5.74, 6) is -2.16. The van der Waals surface area contributed by atoms with Crippen molar-refractivity contribution in [3.8, 4) is 0 Å². The molecule has 0 spiro atoms. The Balaban J connectivity index is 2.54. The summed E-state index contributed by atoms with van der Waals surface area (Å²) < 4.78 is 18.1. The van der Waals surface area contributed by atoms with Gasteiger partial charge in [0.1, 0.15) is 5.82 Å². The van der Waals surface area contributed by atoms with Crippen molar-refractivity contribution in [1.82, 2.24) is 4.90 Å². The lowest BCUT2D eigenvalue weighted by molar-refractivity contribution is -0.164. The zero-order valence-corrected chi connectivity index (χ0v) is 11.9. The Labute approximate surface area is 121 Å². The molecule has 0 radical (unpaired) electrons. The second-order valence-corrected chi connectivity index (χ2v) is 4.89. The standard InChI is InChI=1S/C15H16FNO4/c1-3-21-14(20)15(10-4-6-11(16)7-5-10)9-8-12(18)17(2)13(15)19/h4-7H,3,8-9H2,1-2H3/t15-/m0/s1. The molecule has 112 valence electrons. The minimum absolute atomic E-state index is 0.0273. The molecule has 1 fully saturated rings. The van der Waals surface area contributed by atoms with E-state index >= 15 is 0 Å². The Hall–Kier alpha value is -2.24. The summed E-state index contributed by atoms with van der Waals surface area (Å²) in [6, 6.07) is 5.13. The van der Waals surface area contributed by atoms with Crippen LogP contribution in [-0.4, -0.2) is 36.3 Å². The predicted molar refractivity (Wildman–Crippen MR) is 71.7 cm³/mol. The average Bonchev–Trinajstić information content (AvgIpc) is 2.47. The lowest BCUT2D eigenvalue weighted by atomic mass is 9.73. The van der Waals surface area contributed by atoms with E-state index in [2.05, 4.69) is 0 Å². The van der Waals surface area contributed by atoms with E-state index in [9.17, 15) is 18.8 Å². The number of esters is 1. The van der Waals surface area contributed by atoms with Crippen molar-refractivity contribution in [2.24, 2.45) is 0 Å². The number of amides is 2. The van der Waals surface area contributed by atoms with Gasteiger partial charge in [0.15, 0.2) is 5.41 Å². The van der Waals surface area contributed by atoms with E-state index in [-0.39, 0.29) is 25.4 Å². The summed E-state index contributed by atoms with van der Waals surface area (Å²) in [5.41, 5.74) is -1.24. The zero-order chi connectivity index (χ0) is 15.6. The van der Waals surface area contributed by atoms with Crippen LogP contribution in [-0.2, 0) is 24.5 Å². The first-order valence-electron chi connectivity index (χ1n) is 6.67. The summed E-state index contributed by atoms with van der Waals surface area (Å²) in [7, 11) is 1.33. The maximum absolute atomic E-state index is 13.1. The van der Waals surface area contributed by atoms with E-state index in [0.29, 0.717) is 5.56 Å². The number of halogens is 1. The van der Waals surface area contributed by atoms with Gasteiger partial charge in [-0.2, -0.15) is 0 Å². The maximum Gasteiger partial charge on any atom is 0.326 e. The Morgan fingerprint density at radius 1 is 1.33 bits per heavy atom. The van der Waals surface area contributed by atoms with Crippen molar-refractivity contribution in [2.45, 2.75) is 25.2 Å². The molecule has 0 aromatic heterocycles. The molecule has 0 N–H and O–H groups in total. The largest absolute Gasteiger partial charge is 0.465 e. The number of rotatable bonds is 3. The maximum atomic E-state index is 13.1. The number of imide groups is 1. The number of benzene rings is 1. The minimum atomic E-state index is -1.58. The van der Waals surface area contributed by atoms with E-state index in [4.69, 9.17) is 4.74 Å². The summed E-state index contributed by atoms with van der Waals surface area (Å²) in [4.78, 5) is 37.5. The highest BCUT2D eigenvalue weighted by Gasteiger charge is 2.54.